The van der Waals surface area contributed by atoms with Gasteiger partial charge in [0.1, 0.15) is 11.5 Å². The molecule has 0 saturated heterocycles. The Morgan fingerprint density at radius 2 is 2.00 bits per heavy atom. The van der Waals surface area contributed by atoms with Crippen LogP contribution in [0, 0.1) is 24.7 Å². The highest BCUT2D eigenvalue weighted by molar-refractivity contribution is 7.99. The number of carbonyl (C=O) groups excluding carboxylic acids is 2. The van der Waals surface area contributed by atoms with E-state index in [1.807, 2.05) is 32.0 Å². The van der Waals surface area contributed by atoms with E-state index in [4.69, 9.17) is 30.2 Å². The Labute approximate surface area is 317 Å². The Kier molecular flexibility index (Phi) is 10.2. The number of oxazole rings is 1. The molecule has 1 aromatic heterocycles. The van der Waals surface area contributed by atoms with Gasteiger partial charge in [0.2, 0.25) is 0 Å². The second-order valence-corrected chi connectivity index (χ2v) is 18.4. The van der Waals surface area contributed by atoms with Gasteiger partial charge in [-0.2, -0.15) is 0 Å². The van der Waals surface area contributed by atoms with E-state index < -0.39 is 32.4 Å². The molecule has 4 aliphatic rings. The maximum absolute atomic E-state index is 14.0. The molecule has 3 aromatic rings. The predicted molar refractivity (Wildman–Crippen MR) is 208 cm³/mol. The van der Waals surface area contributed by atoms with E-state index in [-0.39, 0.29) is 28.9 Å². The Hall–Kier alpha value is -3.80. The van der Waals surface area contributed by atoms with Gasteiger partial charge in [0.05, 0.1) is 41.1 Å². The van der Waals surface area contributed by atoms with Crippen LogP contribution in [0.25, 0.3) is 0 Å². The number of benzene rings is 2. The first-order chi connectivity index (χ1) is 25.3. The lowest BCUT2D eigenvalue weighted by Crippen LogP contribution is -2.54. The highest BCUT2D eigenvalue weighted by atomic mass is 35.5. The van der Waals surface area contributed by atoms with Crippen molar-refractivity contribution in [3.63, 3.8) is 0 Å². The minimum Gasteiger partial charge on any atom is -0.490 e. The number of aryl methyl sites for hydroxylation is 2. The highest BCUT2D eigenvalue weighted by Crippen LogP contribution is 2.50. The zero-order valence-electron chi connectivity index (χ0n) is 31.2. The van der Waals surface area contributed by atoms with Crippen molar-refractivity contribution in [2.45, 2.75) is 82.0 Å². The zero-order valence-corrected chi connectivity index (χ0v) is 32.8. The summed E-state index contributed by atoms with van der Waals surface area (Å²) in [4.78, 5) is 33.2. The van der Waals surface area contributed by atoms with Gasteiger partial charge < -0.3 is 23.5 Å². The van der Waals surface area contributed by atoms with Crippen LogP contribution in [0.15, 0.2) is 53.0 Å². The molecule has 10 nitrogen and oxygen atoms in total. The third kappa shape index (κ3) is 7.00. The molecule has 1 amide bonds. The predicted octanol–water partition coefficient (Wildman–Crippen LogP) is 6.90. The van der Waals surface area contributed by atoms with Crippen molar-refractivity contribution >= 4 is 44.7 Å². The maximum Gasteiger partial charge on any atom is 0.360 e. The summed E-state index contributed by atoms with van der Waals surface area (Å²) in [7, 11) is 0.0197. The van der Waals surface area contributed by atoms with E-state index in [9.17, 15) is 13.8 Å². The van der Waals surface area contributed by atoms with Crippen LogP contribution in [-0.2, 0) is 37.4 Å². The number of nitrogens with one attached hydrogen (secondary N) is 1. The van der Waals surface area contributed by atoms with Crippen LogP contribution >= 0.6 is 11.6 Å². The fraction of sp³-hybridized carbons (Fsp3) is 0.512. The lowest BCUT2D eigenvalue weighted by atomic mass is 9.63. The Morgan fingerprint density at radius 3 is 2.74 bits per heavy atom. The van der Waals surface area contributed by atoms with E-state index in [1.54, 1.807) is 20.1 Å². The van der Waals surface area contributed by atoms with Gasteiger partial charge in [-0.1, -0.05) is 36.7 Å². The van der Waals surface area contributed by atoms with Crippen molar-refractivity contribution < 1.29 is 32.4 Å². The zero-order chi connectivity index (χ0) is 37.7. The molecule has 2 aromatic carbocycles. The average molecular weight is 764 g/mol. The molecule has 0 radical (unpaired) electrons. The summed E-state index contributed by atoms with van der Waals surface area (Å²) in [6.07, 6.45) is 9.90. The second-order valence-electron chi connectivity index (χ2n) is 15.5. The second kappa shape index (κ2) is 14.5. The number of hydrogen-bond acceptors (Lipinski definition) is 9. The number of carbonyl (C=O) groups is 2. The van der Waals surface area contributed by atoms with Gasteiger partial charge in [-0.3, -0.25) is 9.52 Å². The van der Waals surface area contributed by atoms with Crippen LogP contribution in [-0.4, -0.2) is 71.7 Å². The molecule has 1 unspecified atom stereocenters. The van der Waals surface area contributed by atoms with E-state index in [2.05, 4.69) is 44.8 Å². The summed E-state index contributed by atoms with van der Waals surface area (Å²) < 4.78 is 41.1. The van der Waals surface area contributed by atoms with Gasteiger partial charge >= 0.3 is 5.97 Å². The van der Waals surface area contributed by atoms with Gasteiger partial charge in [-0.15, -0.1) is 0 Å². The van der Waals surface area contributed by atoms with Crippen molar-refractivity contribution in [2.24, 2.45) is 17.8 Å². The summed E-state index contributed by atoms with van der Waals surface area (Å²) in [5.74, 6) is 4.75. The topological polar surface area (TPSA) is 120 Å². The number of hydrogen-bond donors (Lipinski definition) is 1. The molecule has 1 saturated carbocycles. The van der Waals surface area contributed by atoms with E-state index in [1.165, 1.54) is 18.2 Å². The number of anilines is 1. The SMILES string of the molecule is C=S1(=O)NC(=O)c2ccc3c(c2)N(C[C@@H]2CC[C@H]2[C@@](Cc2nc(C(=O)OC)c(C)o2)(OC)/C=C/C[C@H](C)[C@H]1C)C[C@@]1(CCCc2cc(Cl)ccc21)CO3. The van der Waals surface area contributed by atoms with Crippen molar-refractivity contribution in [3.05, 3.63) is 87.6 Å². The molecule has 2 aliphatic heterocycles. The van der Waals surface area contributed by atoms with Crippen molar-refractivity contribution in [2.75, 3.05) is 38.8 Å². The molecule has 1 fully saturated rings. The molecule has 3 heterocycles. The number of aromatic nitrogens is 1. The van der Waals surface area contributed by atoms with Gasteiger partial charge in [0, 0.05) is 41.5 Å². The number of nitrogens with zero attached hydrogens (tertiary/aromatic N) is 2. The molecular weight excluding hydrogens is 714 g/mol. The van der Waals surface area contributed by atoms with Crippen molar-refractivity contribution in [3.8, 4) is 5.75 Å². The molecule has 1 spiro atoms. The normalized spacial score (nSPS) is 32.0. The number of amides is 1. The molecule has 2 bridgehead atoms. The maximum atomic E-state index is 14.0. The number of halogens is 1. The minimum atomic E-state index is -3.03. The summed E-state index contributed by atoms with van der Waals surface area (Å²) >= 11 is 6.49. The summed E-state index contributed by atoms with van der Waals surface area (Å²) in [6.45, 7) is 7.45. The van der Waals surface area contributed by atoms with E-state index in [0.29, 0.717) is 55.5 Å². The molecule has 7 rings (SSSR count). The smallest absolute Gasteiger partial charge is 0.360 e. The largest absolute Gasteiger partial charge is 0.490 e. The number of esters is 1. The highest BCUT2D eigenvalue weighted by Gasteiger charge is 2.50. The molecule has 7 atom stereocenters. The quantitative estimate of drug-likeness (QED) is 0.172. The number of allylic oxidation sites excluding steroid dienone is 1. The number of methoxy groups -OCH3 is 2. The van der Waals surface area contributed by atoms with Crippen LogP contribution in [0.4, 0.5) is 5.69 Å². The van der Waals surface area contributed by atoms with Crippen LogP contribution in [0.3, 0.4) is 0 Å². The first-order valence-electron chi connectivity index (χ1n) is 18.5. The van der Waals surface area contributed by atoms with Gasteiger partial charge in [-0.05, 0) is 117 Å². The molecule has 53 heavy (non-hydrogen) atoms. The third-order valence-corrected chi connectivity index (χ3v) is 14.8. The van der Waals surface area contributed by atoms with Gasteiger partial charge in [-0.25, -0.2) is 14.0 Å². The number of ether oxygens (including phenoxy) is 3. The van der Waals surface area contributed by atoms with Crippen molar-refractivity contribution in [1.29, 1.82) is 0 Å². The number of fused-ring (bicyclic) bond motifs is 4. The summed E-state index contributed by atoms with van der Waals surface area (Å²) in [5.41, 5.74) is 2.78. The first-order valence-corrected chi connectivity index (χ1v) is 20.7. The molecule has 2 aliphatic carbocycles. The van der Waals surface area contributed by atoms with Crippen LogP contribution in [0.5, 0.6) is 5.75 Å². The van der Waals surface area contributed by atoms with Gasteiger partial charge in [0.15, 0.2) is 11.6 Å². The lowest BCUT2D eigenvalue weighted by Gasteiger charge is -2.50. The van der Waals surface area contributed by atoms with Crippen LogP contribution in [0.2, 0.25) is 5.02 Å². The molecular formula is C41H50ClN3O7S. The Balaban J connectivity index is 1.33. The Morgan fingerprint density at radius 1 is 1.19 bits per heavy atom. The molecule has 12 heteroatoms. The van der Waals surface area contributed by atoms with Gasteiger partial charge in [0.25, 0.3) is 5.91 Å². The summed E-state index contributed by atoms with van der Waals surface area (Å²) in [5, 5.41) is 0.306. The van der Waals surface area contributed by atoms with E-state index in [0.717, 1.165) is 42.8 Å². The fourth-order valence-electron chi connectivity index (χ4n) is 8.98. The minimum absolute atomic E-state index is 0.0720. The fourth-order valence-corrected chi connectivity index (χ4v) is 10.7. The average Bonchev–Trinajstić information content (AvgIpc) is 3.41. The third-order valence-electron chi connectivity index (χ3n) is 12.4. The van der Waals surface area contributed by atoms with Crippen LogP contribution < -0.4 is 14.4 Å². The first kappa shape index (κ1) is 37.5. The monoisotopic (exact) mass is 763 g/mol. The molecule has 1 N–H and O–H groups in total. The molecule has 284 valence electrons. The van der Waals surface area contributed by atoms with Crippen LogP contribution in [0.1, 0.15) is 89.6 Å². The van der Waals surface area contributed by atoms with Crippen molar-refractivity contribution in [1.82, 2.24) is 9.71 Å². The summed E-state index contributed by atoms with van der Waals surface area (Å²) in [6, 6.07) is 11.7. The van der Waals surface area contributed by atoms with E-state index >= 15 is 0 Å². The Bertz CT molecular complexity index is 2050. The lowest BCUT2D eigenvalue weighted by molar-refractivity contribution is -0.0777. The number of rotatable bonds is 4. The standard InChI is InChI=1S/C41H50ClN3O7S/c1-25-9-7-18-41(50-5,21-36-43-37(26(2)52-36)39(47)49-4)33-14-11-30(33)22-45-23-40(17-8-10-28-19-31(42)13-15-32(28)40)24-51-35-16-12-29(20-34(35)45)38(46)44-53(6,48)27(25)3/h7,12-13,15-16,18-20,25,27,30,33H,6,8-11,14,17,21-24H2,1-5H3,(H,44,46,48)/b18-7+/t25-,27+,30-,33+,40-,41+,53?/m0/s1.